The number of nitrogens with zero attached hydrogens (tertiary/aromatic N) is 1. The smallest absolute Gasteiger partial charge is 0.325 e. The summed E-state index contributed by atoms with van der Waals surface area (Å²) >= 11 is 0. The molecule has 8 nitrogen and oxygen atoms in total. The molecule has 2 aliphatic rings. The lowest BCUT2D eigenvalue weighted by Gasteiger charge is -2.50. The van der Waals surface area contributed by atoms with E-state index in [1.807, 2.05) is 49.4 Å². The number of amides is 3. The molecule has 180 valence electrons. The minimum Gasteiger partial charge on any atom is -0.496 e. The molecule has 0 aliphatic carbocycles. The van der Waals surface area contributed by atoms with Crippen molar-refractivity contribution in [2.45, 2.75) is 31.7 Å². The van der Waals surface area contributed by atoms with Crippen molar-refractivity contribution in [2.24, 2.45) is 0 Å². The maximum Gasteiger partial charge on any atom is 0.325 e. The molecule has 0 saturated carbocycles. The largest absolute Gasteiger partial charge is 0.496 e. The summed E-state index contributed by atoms with van der Waals surface area (Å²) in [4.78, 5) is 27.8. The lowest BCUT2D eigenvalue weighted by molar-refractivity contribution is 0.0349. The van der Waals surface area contributed by atoms with Crippen LogP contribution in [0.4, 0.5) is 10.5 Å². The molecule has 1 saturated heterocycles. The van der Waals surface area contributed by atoms with Crippen LogP contribution in [-0.2, 0) is 6.54 Å². The van der Waals surface area contributed by atoms with Crippen molar-refractivity contribution in [1.29, 1.82) is 0 Å². The number of benzene rings is 3. The second-order valence-corrected chi connectivity index (χ2v) is 8.74. The van der Waals surface area contributed by atoms with E-state index < -0.39 is 5.72 Å². The van der Waals surface area contributed by atoms with E-state index in [9.17, 15) is 9.59 Å². The predicted molar refractivity (Wildman–Crippen MR) is 131 cm³/mol. The van der Waals surface area contributed by atoms with Crippen molar-refractivity contribution in [3.63, 3.8) is 0 Å². The Kier molecular flexibility index (Phi) is 5.72. The van der Waals surface area contributed by atoms with Crippen molar-refractivity contribution < 1.29 is 23.8 Å². The fraction of sp³-hybridized carbons (Fsp3) is 0.259. The molecule has 2 N–H and O–H groups in total. The topological polar surface area (TPSA) is 89.1 Å². The summed E-state index contributed by atoms with van der Waals surface area (Å²) in [5.41, 5.74) is 1.80. The Morgan fingerprint density at radius 2 is 1.83 bits per heavy atom. The van der Waals surface area contributed by atoms with Crippen molar-refractivity contribution in [3.05, 3.63) is 83.4 Å². The summed E-state index contributed by atoms with van der Waals surface area (Å²) < 4.78 is 17.3. The molecule has 3 aromatic carbocycles. The Morgan fingerprint density at radius 3 is 2.63 bits per heavy atom. The number of rotatable bonds is 6. The summed E-state index contributed by atoms with van der Waals surface area (Å²) in [5.74, 6) is 1.68. The summed E-state index contributed by atoms with van der Waals surface area (Å²) in [6, 6.07) is 19.7. The van der Waals surface area contributed by atoms with Gasteiger partial charge in [0.25, 0.3) is 5.91 Å². The molecule has 5 rings (SSSR count). The third kappa shape index (κ3) is 4.01. The highest BCUT2D eigenvalue weighted by Crippen LogP contribution is 2.49. The van der Waals surface area contributed by atoms with Gasteiger partial charge in [-0.05, 0) is 37.3 Å². The summed E-state index contributed by atoms with van der Waals surface area (Å²) in [6.45, 7) is 2.19. The molecule has 2 unspecified atom stereocenters. The zero-order valence-electron chi connectivity index (χ0n) is 19.8. The van der Waals surface area contributed by atoms with E-state index in [1.54, 1.807) is 43.4 Å². The molecule has 8 heteroatoms. The van der Waals surface area contributed by atoms with Gasteiger partial charge in [0.15, 0.2) is 17.2 Å². The molecular weight excluding hydrogens is 446 g/mol. The number of carbonyl (C=O) groups is 2. The summed E-state index contributed by atoms with van der Waals surface area (Å²) in [5, 5.41) is 6.00. The van der Waals surface area contributed by atoms with Gasteiger partial charge in [-0.25, -0.2) is 4.79 Å². The zero-order chi connectivity index (χ0) is 24.6. The van der Waals surface area contributed by atoms with E-state index in [2.05, 4.69) is 10.6 Å². The minimum absolute atomic E-state index is 0.199. The Balaban J connectivity index is 1.41. The Labute approximate surface area is 203 Å². The first-order valence-corrected chi connectivity index (χ1v) is 11.4. The average molecular weight is 474 g/mol. The number of anilines is 1. The number of fused-ring (bicyclic) bond motifs is 4. The standard InChI is InChI=1S/C27H27N3O5/c1-27-15-21(20-11-7-13-23(34-3)24(20)35-27)29-26(32)30(27)19-10-6-9-17(14-19)25(31)28-16-18-8-4-5-12-22(18)33-2/h4-14,21H,15-16H2,1-3H3,(H,28,31)(H,29,32). The number of ether oxygens (including phenoxy) is 3. The molecule has 2 atom stereocenters. The third-order valence-electron chi connectivity index (χ3n) is 6.48. The molecule has 0 aromatic heterocycles. The number of urea groups is 1. The van der Waals surface area contributed by atoms with Crippen LogP contribution in [0.25, 0.3) is 0 Å². The molecule has 3 amide bonds. The number of hydrogen-bond donors (Lipinski definition) is 2. The molecule has 0 radical (unpaired) electrons. The fourth-order valence-electron chi connectivity index (χ4n) is 4.82. The van der Waals surface area contributed by atoms with Crippen molar-refractivity contribution in [2.75, 3.05) is 19.1 Å². The SMILES string of the molecule is COc1ccccc1CNC(=O)c1cccc(N2C(=O)NC3CC2(C)Oc2c(OC)cccc23)c1. The van der Waals surface area contributed by atoms with Crippen LogP contribution in [0.5, 0.6) is 17.2 Å². The van der Waals surface area contributed by atoms with Crippen LogP contribution >= 0.6 is 0 Å². The van der Waals surface area contributed by atoms with Crippen molar-refractivity contribution in [1.82, 2.24) is 10.6 Å². The monoisotopic (exact) mass is 473 g/mol. The van der Waals surface area contributed by atoms with Crippen LogP contribution in [0.3, 0.4) is 0 Å². The van der Waals surface area contributed by atoms with Crippen LogP contribution < -0.4 is 29.7 Å². The second kappa shape index (κ2) is 8.87. The highest BCUT2D eigenvalue weighted by molar-refractivity contribution is 5.99. The zero-order valence-corrected chi connectivity index (χ0v) is 19.8. The van der Waals surface area contributed by atoms with Crippen molar-refractivity contribution in [3.8, 4) is 17.2 Å². The Morgan fingerprint density at radius 1 is 1.09 bits per heavy atom. The number of hydrogen-bond acceptors (Lipinski definition) is 5. The van der Waals surface area contributed by atoms with Gasteiger partial charge in [0, 0.05) is 29.7 Å². The van der Waals surface area contributed by atoms with Gasteiger partial charge in [0.1, 0.15) is 5.75 Å². The van der Waals surface area contributed by atoms with E-state index >= 15 is 0 Å². The summed E-state index contributed by atoms with van der Waals surface area (Å²) in [7, 11) is 3.19. The first kappa shape index (κ1) is 22.6. The Hall–Kier alpha value is -4.20. The van der Waals surface area contributed by atoms with E-state index in [4.69, 9.17) is 14.2 Å². The highest BCUT2D eigenvalue weighted by atomic mass is 16.5. The maximum absolute atomic E-state index is 13.2. The van der Waals surface area contributed by atoms with Crippen LogP contribution in [0.2, 0.25) is 0 Å². The molecular formula is C27H27N3O5. The van der Waals surface area contributed by atoms with Crippen LogP contribution in [0.15, 0.2) is 66.7 Å². The third-order valence-corrected chi connectivity index (χ3v) is 6.48. The molecule has 2 heterocycles. The number of nitrogens with one attached hydrogen (secondary N) is 2. The quantitative estimate of drug-likeness (QED) is 0.554. The lowest BCUT2D eigenvalue weighted by Crippen LogP contribution is -2.65. The first-order valence-electron chi connectivity index (χ1n) is 11.4. The van der Waals surface area contributed by atoms with Crippen molar-refractivity contribution >= 4 is 17.6 Å². The van der Waals surface area contributed by atoms with Crippen LogP contribution in [0, 0.1) is 0 Å². The number of carbonyl (C=O) groups excluding carboxylic acids is 2. The van der Waals surface area contributed by atoms with Gasteiger partial charge in [-0.1, -0.05) is 36.4 Å². The molecule has 35 heavy (non-hydrogen) atoms. The molecule has 2 aliphatic heterocycles. The van der Waals surface area contributed by atoms with Gasteiger partial charge in [0.2, 0.25) is 0 Å². The van der Waals surface area contributed by atoms with Crippen LogP contribution in [-0.4, -0.2) is 31.9 Å². The van der Waals surface area contributed by atoms with Gasteiger partial charge in [-0.3, -0.25) is 9.69 Å². The van der Waals surface area contributed by atoms with Gasteiger partial charge in [-0.2, -0.15) is 0 Å². The normalized spacial score (nSPS) is 20.3. The average Bonchev–Trinajstić information content (AvgIpc) is 2.86. The predicted octanol–water partition coefficient (Wildman–Crippen LogP) is 4.40. The Bertz CT molecular complexity index is 1290. The van der Waals surface area contributed by atoms with E-state index in [0.717, 1.165) is 11.1 Å². The van der Waals surface area contributed by atoms with E-state index in [-0.39, 0.29) is 18.0 Å². The molecule has 1 fully saturated rings. The minimum atomic E-state index is -0.957. The number of methoxy groups -OCH3 is 2. The molecule has 0 spiro atoms. The molecule has 3 aromatic rings. The van der Waals surface area contributed by atoms with Gasteiger partial charge >= 0.3 is 6.03 Å². The fourth-order valence-corrected chi connectivity index (χ4v) is 4.82. The maximum atomic E-state index is 13.2. The van der Waals surface area contributed by atoms with E-state index in [1.165, 1.54) is 0 Å². The lowest BCUT2D eigenvalue weighted by atomic mass is 9.89. The summed E-state index contributed by atoms with van der Waals surface area (Å²) in [6.07, 6.45) is 0.545. The van der Waals surface area contributed by atoms with E-state index in [0.29, 0.717) is 41.5 Å². The van der Waals surface area contributed by atoms with Crippen LogP contribution in [0.1, 0.15) is 40.9 Å². The van der Waals surface area contributed by atoms with Gasteiger partial charge < -0.3 is 24.8 Å². The second-order valence-electron chi connectivity index (χ2n) is 8.74. The van der Waals surface area contributed by atoms with Gasteiger partial charge in [0.05, 0.1) is 25.9 Å². The molecule has 2 bridgehead atoms. The van der Waals surface area contributed by atoms with Gasteiger partial charge in [-0.15, -0.1) is 0 Å². The number of para-hydroxylation sites is 2. The highest BCUT2D eigenvalue weighted by Gasteiger charge is 2.50. The first-order chi connectivity index (χ1) is 16.9.